The van der Waals surface area contributed by atoms with Gasteiger partial charge in [-0.1, -0.05) is 0 Å². The molecule has 0 aliphatic rings. The molecule has 0 radical (unpaired) electrons. The molecule has 1 heterocycles. The largest absolute Gasteiger partial charge is 0.487 e. The highest BCUT2D eigenvalue weighted by Crippen LogP contribution is 2.33. The van der Waals surface area contributed by atoms with Gasteiger partial charge in [0.2, 0.25) is 0 Å². The number of nitrogens with zero attached hydrogens (tertiary/aromatic N) is 1. The standard InChI is InChI=1S/C16H12F3NO2S/c1-21-8-15-20-13-5-11(18)6-14(16(13)23-15)22-7-9-2-3-10(17)4-12(9)19/h2-6H,7-8H2,1H3. The van der Waals surface area contributed by atoms with Gasteiger partial charge in [-0.2, -0.15) is 0 Å². The Kier molecular flexibility index (Phi) is 4.49. The Morgan fingerprint density at radius 3 is 2.61 bits per heavy atom. The van der Waals surface area contributed by atoms with Gasteiger partial charge < -0.3 is 9.47 Å². The van der Waals surface area contributed by atoms with Crippen LogP contribution in [0.4, 0.5) is 13.2 Å². The van der Waals surface area contributed by atoms with E-state index >= 15 is 0 Å². The molecule has 0 bridgehead atoms. The summed E-state index contributed by atoms with van der Waals surface area (Å²) in [5.74, 6) is -1.60. The van der Waals surface area contributed by atoms with Crippen LogP contribution < -0.4 is 4.74 Å². The van der Waals surface area contributed by atoms with Crippen molar-refractivity contribution >= 4 is 21.6 Å². The Bertz CT molecular complexity index is 851. The average Bonchev–Trinajstić information content (AvgIpc) is 2.89. The maximum absolute atomic E-state index is 13.7. The first-order chi connectivity index (χ1) is 11.1. The average molecular weight is 339 g/mol. The van der Waals surface area contributed by atoms with Gasteiger partial charge in [-0.25, -0.2) is 18.2 Å². The lowest BCUT2D eigenvalue weighted by molar-refractivity contribution is 0.184. The number of aromatic nitrogens is 1. The van der Waals surface area contributed by atoms with Crippen LogP contribution in [-0.4, -0.2) is 12.1 Å². The van der Waals surface area contributed by atoms with E-state index in [-0.39, 0.29) is 17.9 Å². The predicted molar refractivity (Wildman–Crippen MR) is 81.0 cm³/mol. The van der Waals surface area contributed by atoms with Gasteiger partial charge in [-0.15, -0.1) is 11.3 Å². The number of rotatable bonds is 5. The summed E-state index contributed by atoms with van der Waals surface area (Å²) in [5, 5.41) is 0.686. The molecule has 3 rings (SSSR count). The molecule has 1 aromatic heterocycles. The highest BCUT2D eigenvalue weighted by atomic mass is 32.1. The van der Waals surface area contributed by atoms with Gasteiger partial charge in [0.15, 0.2) is 0 Å². The minimum atomic E-state index is -0.706. The fraction of sp³-hybridized carbons (Fsp3) is 0.188. The Balaban J connectivity index is 1.89. The molecule has 0 aliphatic heterocycles. The number of hydrogen-bond acceptors (Lipinski definition) is 4. The van der Waals surface area contributed by atoms with Crippen LogP contribution in [-0.2, 0) is 18.0 Å². The van der Waals surface area contributed by atoms with Crippen molar-refractivity contribution in [1.29, 1.82) is 0 Å². The minimum absolute atomic E-state index is 0.137. The van der Waals surface area contributed by atoms with Gasteiger partial charge in [0.05, 0.1) is 16.8 Å². The lowest BCUT2D eigenvalue weighted by Gasteiger charge is -2.08. The first-order valence-electron chi connectivity index (χ1n) is 6.71. The van der Waals surface area contributed by atoms with E-state index in [1.165, 1.54) is 29.5 Å². The van der Waals surface area contributed by atoms with E-state index in [4.69, 9.17) is 9.47 Å². The van der Waals surface area contributed by atoms with Gasteiger partial charge in [-0.3, -0.25) is 0 Å². The van der Waals surface area contributed by atoms with Crippen LogP contribution in [0.15, 0.2) is 30.3 Å². The summed E-state index contributed by atoms with van der Waals surface area (Å²) in [7, 11) is 1.54. The summed E-state index contributed by atoms with van der Waals surface area (Å²) < 4.78 is 51.4. The minimum Gasteiger partial charge on any atom is -0.487 e. The highest BCUT2D eigenvalue weighted by Gasteiger charge is 2.13. The molecule has 3 nitrogen and oxygen atoms in total. The summed E-state index contributed by atoms with van der Waals surface area (Å²) in [4.78, 5) is 4.26. The number of halogens is 3. The van der Waals surface area contributed by atoms with Crippen LogP contribution >= 0.6 is 11.3 Å². The van der Waals surface area contributed by atoms with Crippen LogP contribution in [0, 0.1) is 17.5 Å². The van der Waals surface area contributed by atoms with E-state index in [1.807, 2.05) is 0 Å². The normalized spacial score (nSPS) is 11.1. The molecule has 0 aliphatic carbocycles. The molecule has 0 fully saturated rings. The second kappa shape index (κ2) is 6.55. The highest BCUT2D eigenvalue weighted by molar-refractivity contribution is 7.19. The first kappa shape index (κ1) is 15.8. The van der Waals surface area contributed by atoms with Crippen molar-refractivity contribution in [1.82, 2.24) is 4.98 Å². The molecule has 3 aromatic rings. The quantitative estimate of drug-likeness (QED) is 0.689. The van der Waals surface area contributed by atoms with Crippen molar-refractivity contribution in [2.75, 3.05) is 7.11 Å². The SMILES string of the molecule is COCc1nc2cc(F)cc(OCc3ccc(F)cc3F)c2s1. The smallest absolute Gasteiger partial charge is 0.142 e. The Morgan fingerprint density at radius 2 is 1.87 bits per heavy atom. The zero-order valence-electron chi connectivity index (χ0n) is 12.1. The number of methoxy groups -OCH3 is 1. The van der Waals surface area contributed by atoms with Crippen molar-refractivity contribution in [3.8, 4) is 5.75 Å². The van der Waals surface area contributed by atoms with Gasteiger partial charge in [0.1, 0.15) is 34.8 Å². The third kappa shape index (κ3) is 3.46. The van der Waals surface area contributed by atoms with Crippen molar-refractivity contribution in [2.24, 2.45) is 0 Å². The van der Waals surface area contributed by atoms with Crippen LogP contribution in [0.25, 0.3) is 10.2 Å². The molecule has 0 atom stereocenters. The van der Waals surface area contributed by atoms with Gasteiger partial charge in [0, 0.05) is 30.9 Å². The number of ether oxygens (including phenoxy) is 2. The Labute approximate surface area is 134 Å². The van der Waals surface area contributed by atoms with Crippen molar-refractivity contribution in [3.63, 3.8) is 0 Å². The van der Waals surface area contributed by atoms with Crippen LogP contribution in [0.5, 0.6) is 5.75 Å². The van der Waals surface area contributed by atoms with Crippen molar-refractivity contribution in [3.05, 3.63) is 58.4 Å². The Hall–Kier alpha value is -2.12. The molecular weight excluding hydrogens is 327 g/mol. The molecule has 0 N–H and O–H groups in total. The third-order valence-corrected chi connectivity index (χ3v) is 4.19. The summed E-state index contributed by atoms with van der Waals surface area (Å²) >= 11 is 1.32. The molecular formula is C16H12F3NO2S. The zero-order chi connectivity index (χ0) is 16.4. The molecule has 0 amide bonds. The molecule has 23 heavy (non-hydrogen) atoms. The molecule has 0 unspecified atom stereocenters. The summed E-state index contributed by atoms with van der Waals surface area (Å²) in [6.45, 7) is 0.176. The van der Waals surface area contributed by atoms with Crippen LogP contribution in [0.3, 0.4) is 0 Å². The van der Waals surface area contributed by atoms with E-state index in [1.54, 1.807) is 7.11 Å². The predicted octanol–water partition coefficient (Wildman–Crippen LogP) is 4.44. The summed E-state index contributed by atoms with van der Waals surface area (Å²) in [6, 6.07) is 5.74. The van der Waals surface area contributed by atoms with Crippen molar-refractivity contribution < 1.29 is 22.6 Å². The second-order valence-electron chi connectivity index (χ2n) is 4.82. The fourth-order valence-corrected chi connectivity index (χ4v) is 3.09. The molecule has 120 valence electrons. The van der Waals surface area contributed by atoms with Crippen LogP contribution in [0.1, 0.15) is 10.6 Å². The van der Waals surface area contributed by atoms with E-state index in [2.05, 4.69) is 4.98 Å². The summed E-state index contributed by atoms with van der Waals surface area (Å²) in [5.41, 5.74) is 0.641. The first-order valence-corrected chi connectivity index (χ1v) is 7.53. The topological polar surface area (TPSA) is 31.4 Å². The van der Waals surface area contributed by atoms with E-state index < -0.39 is 17.5 Å². The second-order valence-corrected chi connectivity index (χ2v) is 5.90. The molecule has 0 saturated heterocycles. The molecule has 7 heteroatoms. The maximum atomic E-state index is 13.7. The third-order valence-electron chi connectivity index (χ3n) is 3.13. The number of thiazole rings is 1. The van der Waals surface area contributed by atoms with E-state index in [0.29, 0.717) is 21.8 Å². The van der Waals surface area contributed by atoms with Gasteiger partial charge >= 0.3 is 0 Å². The zero-order valence-corrected chi connectivity index (χ0v) is 12.9. The van der Waals surface area contributed by atoms with E-state index in [0.717, 1.165) is 12.1 Å². The van der Waals surface area contributed by atoms with E-state index in [9.17, 15) is 13.2 Å². The molecule has 0 spiro atoms. The number of fused-ring (bicyclic) bond motifs is 1. The lowest BCUT2D eigenvalue weighted by atomic mass is 10.2. The summed E-state index contributed by atoms with van der Waals surface area (Å²) in [6.07, 6.45) is 0. The maximum Gasteiger partial charge on any atom is 0.142 e. The number of hydrogen-bond donors (Lipinski definition) is 0. The van der Waals surface area contributed by atoms with Crippen molar-refractivity contribution in [2.45, 2.75) is 13.2 Å². The number of benzene rings is 2. The molecule has 0 saturated carbocycles. The van der Waals surface area contributed by atoms with Crippen LogP contribution in [0.2, 0.25) is 0 Å². The lowest BCUT2D eigenvalue weighted by Crippen LogP contribution is -1.99. The monoisotopic (exact) mass is 339 g/mol. The van der Waals surface area contributed by atoms with Gasteiger partial charge in [-0.05, 0) is 12.1 Å². The molecule has 2 aromatic carbocycles. The Morgan fingerprint density at radius 1 is 1.04 bits per heavy atom. The van der Waals surface area contributed by atoms with Gasteiger partial charge in [0.25, 0.3) is 0 Å². The fourth-order valence-electron chi connectivity index (χ4n) is 2.10.